The van der Waals surface area contributed by atoms with E-state index in [9.17, 15) is 10.1 Å². The number of rotatable bonds is 3. The second-order valence-corrected chi connectivity index (χ2v) is 4.60. The first-order chi connectivity index (χ1) is 8.08. The average molecular weight is 235 g/mol. The zero-order valence-electron chi connectivity index (χ0n) is 9.93. The molecule has 0 spiro atoms. The second kappa shape index (κ2) is 4.81. The predicted octanol–water partition coefficient (Wildman–Crippen LogP) is 1.44. The molecule has 0 amide bonds. The van der Waals surface area contributed by atoms with Crippen LogP contribution < -0.4 is 5.73 Å². The topological polar surface area (TPSA) is 72.4 Å². The quantitative estimate of drug-likeness (QED) is 0.635. The van der Waals surface area contributed by atoms with Gasteiger partial charge in [0.1, 0.15) is 0 Å². The first-order valence-corrected chi connectivity index (χ1v) is 5.78. The highest BCUT2D eigenvalue weighted by Crippen LogP contribution is 2.23. The molecular formula is C12H17N3O2. The van der Waals surface area contributed by atoms with Gasteiger partial charge in [0, 0.05) is 37.3 Å². The summed E-state index contributed by atoms with van der Waals surface area (Å²) in [6, 6.07) is 5.49. The first kappa shape index (κ1) is 12.0. The third kappa shape index (κ3) is 2.62. The summed E-state index contributed by atoms with van der Waals surface area (Å²) >= 11 is 0. The fourth-order valence-corrected chi connectivity index (χ4v) is 2.29. The highest BCUT2D eigenvalue weighted by atomic mass is 16.6. The fraction of sp³-hybridized carbons (Fsp3) is 0.500. The zero-order valence-corrected chi connectivity index (χ0v) is 9.93. The number of nitro benzene ring substituents is 1. The van der Waals surface area contributed by atoms with Crippen LogP contribution in [0.15, 0.2) is 18.2 Å². The van der Waals surface area contributed by atoms with Crippen molar-refractivity contribution in [2.24, 2.45) is 5.73 Å². The van der Waals surface area contributed by atoms with E-state index in [4.69, 9.17) is 5.73 Å². The van der Waals surface area contributed by atoms with E-state index in [2.05, 4.69) is 4.90 Å². The third-order valence-corrected chi connectivity index (χ3v) is 3.32. The molecule has 0 saturated carbocycles. The minimum Gasteiger partial charge on any atom is -0.326 e. The standard InChI is InChI=1S/C12H17N3O2/c1-9-10(3-2-4-12(9)15(16)17)7-14-6-5-11(13)8-14/h2-4,11H,5-8,13H2,1H3/t11-/m1/s1. The van der Waals surface area contributed by atoms with Crippen molar-refractivity contribution in [1.82, 2.24) is 4.90 Å². The van der Waals surface area contributed by atoms with Crippen LogP contribution in [0, 0.1) is 17.0 Å². The Kier molecular flexibility index (Phi) is 3.40. The molecule has 0 radical (unpaired) electrons. The van der Waals surface area contributed by atoms with Crippen LogP contribution in [-0.4, -0.2) is 29.0 Å². The van der Waals surface area contributed by atoms with Gasteiger partial charge in [-0.25, -0.2) is 0 Å². The van der Waals surface area contributed by atoms with E-state index < -0.39 is 0 Å². The summed E-state index contributed by atoms with van der Waals surface area (Å²) in [5.41, 5.74) is 7.83. The Hall–Kier alpha value is -1.46. The molecule has 0 bridgehead atoms. The van der Waals surface area contributed by atoms with Crippen LogP contribution in [0.3, 0.4) is 0 Å². The lowest BCUT2D eigenvalue weighted by Crippen LogP contribution is -2.26. The van der Waals surface area contributed by atoms with Crippen molar-refractivity contribution in [3.63, 3.8) is 0 Å². The Labute approximate surface area is 100 Å². The molecular weight excluding hydrogens is 218 g/mol. The summed E-state index contributed by atoms with van der Waals surface area (Å²) < 4.78 is 0. The Morgan fingerprint density at radius 2 is 2.35 bits per heavy atom. The molecule has 1 aliphatic heterocycles. The van der Waals surface area contributed by atoms with Gasteiger partial charge >= 0.3 is 0 Å². The van der Waals surface area contributed by atoms with Gasteiger partial charge in [-0.3, -0.25) is 15.0 Å². The number of hydrogen-bond acceptors (Lipinski definition) is 4. The summed E-state index contributed by atoms with van der Waals surface area (Å²) in [7, 11) is 0. The molecule has 92 valence electrons. The lowest BCUT2D eigenvalue weighted by Gasteiger charge is -2.16. The van der Waals surface area contributed by atoms with Crippen molar-refractivity contribution in [3.8, 4) is 0 Å². The Balaban J connectivity index is 2.16. The molecule has 5 heteroatoms. The van der Waals surface area contributed by atoms with Gasteiger partial charge in [0.25, 0.3) is 5.69 Å². The highest BCUT2D eigenvalue weighted by molar-refractivity contribution is 5.44. The van der Waals surface area contributed by atoms with E-state index in [-0.39, 0.29) is 16.7 Å². The molecule has 2 N–H and O–H groups in total. The van der Waals surface area contributed by atoms with Crippen molar-refractivity contribution >= 4 is 5.69 Å². The Morgan fingerprint density at radius 3 is 2.94 bits per heavy atom. The molecule has 0 aromatic heterocycles. The van der Waals surface area contributed by atoms with Crippen LogP contribution in [0.4, 0.5) is 5.69 Å². The largest absolute Gasteiger partial charge is 0.326 e. The van der Waals surface area contributed by atoms with Gasteiger partial charge in [-0.1, -0.05) is 12.1 Å². The van der Waals surface area contributed by atoms with Gasteiger partial charge < -0.3 is 5.73 Å². The minimum atomic E-state index is -0.325. The molecule has 17 heavy (non-hydrogen) atoms. The predicted molar refractivity (Wildman–Crippen MR) is 65.7 cm³/mol. The number of nitro groups is 1. The monoisotopic (exact) mass is 235 g/mol. The Bertz CT molecular complexity index is 434. The van der Waals surface area contributed by atoms with E-state index in [1.807, 2.05) is 13.0 Å². The van der Waals surface area contributed by atoms with Crippen molar-refractivity contribution in [1.29, 1.82) is 0 Å². The van der Waals surface area contributed by atoms with Crippen molar-refractivity contribution in [2.75, 3.05) is 13.1 Å². The van der Waals surface area contributed by atoms with Gasteiger partial charge in [0.15, 0.2) is 0 Å². The number of benzene rings is 1. The smallest absolute Gasteiger partial charge is 0.272 e. The summed E-state index contributed by atoms with van der Waals surface area (Å²) in [6.45, 7) is 4.41. The van der Waals surface area contributed by atoms with E-state index >= 15 is 0 Å². The van der Waals surface area contributed by atoms with Crippen molar-refractivity contribution < 1.29 is 4.92 Å². The molecule has 1 aromatic carbocycles. The van der Waals surface area contributed by atoms with E-state index in [0.29, 0.717) is 0 Å². The van der Waals surface area contributed by atoms with Crippen LogP contribution in [0.25, 0.3) is 0 Å². The summed E-state index contributed by atoms with van der Waals surface area (Å²) in [4.78, 5) is 12.8. The lowest BCUT2D eigenvalue weighted by molar-refractivity contribution is -0.385. The van der Waals surface area contributed by atoms with Crippen LogP contribution in [0.2, 0.25) is 0 Å². The molecule has 2 rings (SSSR count). The fourth-order valence-electron chi connectivity index (χ4n) is 2.29. The number of nitrogens with zero attached hydrogens (tertiary/aromatic N) is 2. The van der Waals surface area contributed by atoms with Gasteiger partial charge in [-0.15, -0.1) is 0 Å². The minimum absolute atomic E-state index is 0.200. The number of nitrogens with two attached hydrogens (primary N) is 1. The van der Waals surface area contributed by atoms with Crippen molar-refractivity contribution in [2.45, 2.75) is 25.9 Å². The van der Waals surface area contributed by atoms with Crippen LogP contribution in [0.1, 0.15) is 17.5 Å². The number of hydrogen-bond donors (Lipinski definition) is 1. The molecule has 1 heterocycles. The van der Waals surface area contributed by atoms with E-state index in [1.54, 1.807) is 12.1 Å². The molecule has 0 aliphatic carbocycles. The average Bonchev–Trinajstić information content (AvgIpc) is 2.67. The van der Waals surface area contributed by atoms with E-state index in [1.165, 1.54) is 0 Å². The van der Waals surface area contributed by atoms with E-state index in [0.717, 1.165) is 37.2 Å². The SMILES string of the molecule is Cc1c(CN2CC[C@@H](N)C2)cccc1[N+](=O)[O-]. The lowest BCUT2D eigenvalue weighted by atomic mass is 10.1. The maximum atomic E-state index is 10.8. The van der Waals surface area contributed by atoms with Crippen molar-refractivity contribution in [3.05, 3.63) is 39.4 Å². The highest BCUT2D eigenvalue weighted by Gasteiger charge is 2.21. The molecule has 1 fully saturated rings. The molecule has 1 atom stereocenters. The van der Waals surface area contributed by atoms with Gasteiger partial charge in [0.2, 0.25) is 0 Å². The summed E-state index contributed by atoms with van der Waals surface area (Å²) in [6.07, 6.45) is 1.01. The van der Waals surface area contributed by atoms with Crippen LogP contribution in [-0.2, 0) is 6.54 Å². The maximum Gasteiger partial charge on any atom is 0.272 e. The zero-order chi connectivity index (χ0) is 12.4. The molecule has 5 nitrogen and oxygen atoms in total. The van der Waals surface area contributed by atoms with Crippen LogP contribution in [0.5, 0.6) is 0 Å². The normalized spacial score (nSPS) is 20.7. The first-order valence-electron chi connectivity index (χ1n) is 5.78. The van der Waals surface area contributed by atoms with Gasteiger partial charge in [-0.2, -0.15) is 0 Å². The molecule has 1 saturated heterocycles. The van der Waals surface area contributed by atoms with Gasteiger partial charge in [-0.05, 0) is 18.9 Å². The summed E-state index contributed by atoms with van der Waals surface area (Å²) in [5, 5.41) is 10.8. The number of likely N-dealkylation sites (tertiary alicyclic amines) is 1. The molecule has 1 aromatic rings. The third-order valence-electron chi connectivity index (χ3n) is 3.32. The molecule has 1 aliphatic rings. The van der Waals surface area contributed by atoms with Gasteiger partial charge in [0.05, 0.1) is 4.92 Å². The Morgan fingerprint density at radius 1 is 1.59 bits per heavy atom. The van der Waals surface area contributed by atoms with Crippen LogP contribution >= 0.6 is 0 Å². The second-order valence-electron chi connectivity index (χ2n) is 4.60. The maximum absolute atomic E-state index is 10.8. The summed E-state index contributed by atoms with van der Waals surface area (Å²) in [5.74, 6) is 0. The molecule has 0 unspecified atom stereocenters.